The number of benzene rings is 4. The predicted octanol–water partition coefficient (Wildman–Crippen LogP) is 7.33. The summed E-state index contributed by atoms with van der Waals surface area (Å²) in [5.41, 5.74) is 2.55. The predicted molar refractivity (Wildman–Crippen MR) is 156 cm³/mol. The van der Waals surface area contributed by atoms with Gasteiger partial charge in [0.1, 0.15) is 5.75 Å². The summed E-state index contributed by atoms with van der Waals surface area (Å²) >= 11 is 1.43. The van der Waals surface area contributed by atoms with Gasteiger partial charge in [-0.1, -0.05) is 75.0 Å². The first-order chi connectivity index (χ1) is 18.7. The van der Waals surface area contributed by atoms with E-state index in [2.05, 4.69) is 5.32 Å². The van der Waals surface area contributed by atoms with Crippen LogP contribution in [0.4, 0.5) is 10.5 Å². The van der Waals surface area contributed by atoms with E-state index in [1.54, 1.807) is 17.9 Å². The molecule has 0 aliphatic heterocycles. The van der Waals surface area contributed by atoms with Crippen LogP contribution in [0.1, 0.15) is 26.3 Å². The molecule has 0 unspecified atom stereocenters. The molecule has 0 aliphatic rings. The minimum atomic E-state index is -1.17. The monoisotopic (exact) mass is 539 g/mol. The van der Waals surface area contributed by atoms with E-state index in [0.29, 0.717) is 32.9 Å². The van der Waals surface area contributed by atoms with Crippen molar-refractivity contribution in [3.63, 3.8) is 0 Å². The van der Waals surface area contributed by atoms with Crippen LogP contribution in [0.2, 0.25) is 0 Å². The summed E-state index contributed by atoms with van der Waals surface area (Å²) in [5, 5.41) is 12.9. The minimum Gasteiger partial charge on any atom is -0.497 e. The zero-order valence-corrected chi connectivity index (χ0v) is 23.0. The maximum absolute atomic E-state index is 14.4. The number of fused-ring (bicyclic) bond motifs is 1. The highest BCUT2D eigenvalue weighted by Crippen LogP contribution is 2.45. The van der Waals surface area contributed by atoms with E-state index in [-0.39, 0.29) is 5.56 Å². The molecule has 0 radical (unpaired) electrons. The Labute approximate surface area is 230 Å². The number of methoxy groups -OCH3 is 1. The van der Waals surface area contributed by atoms with Crippen molar-refractivity contribution in [1.29, 1.82) is 0 Å². The molecule has 1 amide bonds. The standard InChI is InChI=1S/C31H29N3O4S/c1-31(2,3)27-24(32-30(36)37)19-25-26(28(27)39-23-17-11-16-22(18-23)38-4)29(35)34(21-14-9-6-10-15-21)33(25)20-12-7-5-8-13-20/h5-19,32H,1-4H3,(H,36,37). The maximum atomic E-state index is 14.4. The fraction of sp³-hybridized carbons (Fsp3) is 0.161. The number of hydrogen-bond acceptors (Lipinski definition) is 4. The number of aromatic nitrogens is 2. The molecule has 39 heavy (non-hydrogen) atoms. The van der Waals surface area contributed by atoms with Gasteiger partial charge in [-0.15, -0.1) is 0 Å². The minimum absolute atomic E-state index is 0.196. The van der Waals surface area contributed by atoms with E-state index >= 15 is 0 Å². The first kappa shape index (κ1) is 26.2. The molecule has 2 N–H and O–H groups in total. The smallest absolute Gasteiger partial charge is 0.409 e. The number of ether oxygens (including phenoxy) is 1. The number of anilines is 1. The van der Waals surface area contributed by atoms with E-state index in [1.807, 2.05) is 110 Å². The highest BCUT2D eigenvalue weighted by Gasteiger charge is 2.30. The Balaban J connectivity index is 1.96. The van der Waals surface area contributed by atoms with Gasteiger partial charge in [-0.3, -0.25) is 10.1 Å². The highest BCUT2D eigenvalue weighted by molar-refractivity contribution is 7.99. The lowest BCUT2D eigenvalue weighted by Gasteiger charge is -2.26. The van der Waals surface area contributed by atoms with Crippen molar-refractivity contribution in [3.05, 3.63) is 107 Å². The number of para-hydroxylation sites is 2. The molecule has 0 fully saturated rings. The zero-order chi connectivity index (χ0) is 27.7. The molecule has 1 aromatic heterocycles. The lowest BCUT2D eigenvalue weighted by molar-refractivity contribution is 0.209. The summed E-state index contributed by atoms with van der Waals surface area (Å²) in [6, 6.07) is 28.4. The van der Waals surface area contributed by atoms with E-state index in [4.69, 9.17) is 4.74 Å². The third kappa shape index (κ3) is 5.03. The van der Waals surface area contributed by atoms with Crippen LogP contribution in [0, 0.1) is 0 Å². The van der Waals surface area contributed by atoms with Crippen molar-refractivity contribution < 1.29 is 14.6 Å². The van der Waals surface area contributed by atoms with Crippen molar-refractivity contribution >= 4 is 34.4 Å². The molecule has 0 saturated heterocycles. The molecule has 5 aromatic rings. The van der Waals surface area contributed by atoms with Crippen LogP contribution in [0.3, 0.4) is 0 Å². The van der Waals surface area contributed by atoms with Crippen LogP contribution in [0.15, 0.2) is 106 Å². The summed E-state index contributed by atoms with van der Waals surface area (Å²) in [6.45, 7) is 6.04. The van der Waals surface area contributed by atoms with Gasteiger partial charge in [-0.25, -0.2) is 14.2 Å². The highest BCUT2D eigenvalue weighted by atomic mass is 32.2. The third-order valence-corrected chi connectivity index (χ3v) is 7.45. The number of nitrogens with one attached hydrogen (secondary N) is 1. The average Bonchev–Trinajstić information content (AvgIpc) is 3.20. The van der Waals surface area contributed by atoms with Gasteiger partial charge in [0, 0.05) is 9.79 Å². The van der Waals surface area contributed by atoms with Crippen molar-refractivity contribution in [2.24, 2.45) is 0 Å². The quantitative estimate of drug-likeness (QED) is 0.236. The van der Waals surface area contributed by atoms with Crippen molar-refractivity contribution in [1.82, 2.24) is 9.36 Å². The number of amides is 1. The van der Waals surface area contributed by atoms with Gasteiger partial charge in [0.25, 0.3) is 5.56 Å². The number of rotatable bonds is 6. The topological polar surface area (TPSA) is 85.5 Å². The Morgan fingerprint density at radius 1 is 0.872 bits per heavy atom. The number of carboxylic acid groups (broad SMARTS) is 1. The van der Waals surface area contributed by atoms with Gasteiger partial charge in [0.2, 0.25) is 0 Å². The van der Waals surface area contributed by atoms with Crippen LogP contribution in [0.5, 0.6) is 5.75 Å². The molecule has 7 nitrogen and oxygen atoms in total. The molecule has 198 valence electrons. The van der Waals surface area contributed by atoms with E-state index in [1.165, 1.54) is 11.8 Å². The first-order valence-corrected chi connectivity index (χ1v) is 13.3. The van der Waals surface area contributed by atoms with Crippen LogP contribution < -0.4 is 15.6 Å². The van der Waals surface area contributed by atoms with Crippen molar-refractivity contribution in [3.8, 4) is 17.1 Å². The Morgan fingerprint density at radius 3 is 2.05 bits per heavy atom. The lowest BCUT2D eigenvalue weighted by Crippen LogP contribution is -2.21. The van der Waals surface area contributed by atoms with Crippen LogP contribution >= 0.6 is 11.8 Å². The van der Waals surface area contributed by atoms with Crippen molar-refractivity contribution in [2.75, 3.05) is 12.4 Å². The normalized spacial score (nSPS) is 11.5. The second-order valence-corrected chi connectivity index (χ2v) is 11.2. The maximum Gasteiger partial charge on any atom is 0.409 e. The van der Waals surface area contributed by atoms with Crippen LogP contribution in [-0.2, 0) is 5.41 Å². The largest absolute Gasteiger partial charge is 0.497 e. The van der Waals surface area contributed by atoms with Gasteiger partial charge in [-0.2, -0.15) is 0 Å². The Hall–Kier alpha value is -4.43. The summed E-state index contributed by atoms with van der Waals surface area (Å²) in [7, 11) is 1.61. The van der Waals surface area contributed by atoms with Crippen LogP contribution in [0.25, 0.3) is 22.3 Å². The first-order valence-electron chi connectivity index (χ1n) is 12.5. The third-order valence-electron chi connectivity index (χ3n) is 6.35. The molecule has 8 heteroatoms. The summed E-state index contributed by atoms with van der Waals surface area (Å²) in [5.74, 6) is 0.692. The van der Waals surface area contributed by atoms with Gasteiger partial charge < -0.3 is 9.84 Å². The van der Waals surface area contributed by atoms with Gasteiger partial charge >= 0.3 is 6.09 Å². The fourth-order valence-electron chi connectivity index (χ4n) is 4.79. The Bertz CT molecular complexity index is 1720. The lowest BCUT2D eigenvalue weighted by atomic mass is 9.84. The molecule has 0 aliphatic carbocycles. The van der Waals surface area contributed by atoms with Gasteiger partial charge in [-0.05, 0) is 59.5 Å². The fourth-order valence-corrected chi connectivity index (χ4v) is 6.16. The molecule has 5 rings (SSSR count). The number of nitrogens with zero attached hydrogens (tertiary/aromatic N) is 2. The Morgan fingerprint density at radius 2 is 1.49 bits per heavy atom. The van der Waals surface area contributed by atoms with Crippen molar-refractivity contribution in [2.45, 2.75) is 36.0 Å². The van der Waals surface area contributed by atoms with E-state index < -0.39 is 11.5 Å². The molecule has 0 saturated carbocycles. The molecule has 4 aromatic carbocycles. The summed E-state index contributed by atoms with van der Waals surface area (Å²) in [4.78, 5) is 28.0. The Kier molecular flexibility index (Phi) is 6.97. The van der Waals surface area contributed by atoms with Gasteiger partial charge in [0.05, 0.1) is 35.1 Å². The number of hydrogen-bond donors (Lipinski definition) is 2. The molecule has 0 spiro atoms. The number of carbonyl (C=O) groups is 1. The van der Waals surface area contributed by atoms with E-state index in [9.17, 15) is 14.7 Å². The zero-order valence-electron chi connectivity index (χ0n) is 22.1. The summed E-state index contributed by atoms with van der Waals surface area (Å²) in [6.07, 6.45) is -1.17. The van der Waals surface area contributed by atoms with E-state index in [0.717, 1.165) is 16.1 Å². The second kappa shape index (κ2) is 10.4. The van der Waals surface area contributed by atoms with Gasteiger partial charge in [0.15, 0.2) is 0 Å². The molecule has 0 bridgehead atoms. The second-order valence-electron chi connectivity index (χ2n) is 10.1. The summed E-state index contributed by atoms with van der Waals surface area (Å²) < 4.78 is 8.94. The molecular formula is C31H29N3O4S. The SMILES string of the molecule is COc1cccc(Sc2c(C(C)(C)C)c(NC(=O)O)cc3c2c(=O)n(-c2ccccc2)n3-c2ccccc2)c1. The molecular weight excluding hydrogens is 510 g/mol. The average molecular weight is 540 g/mol. The molecule has 0 atom stereocenters. The van der Waals surface area contributed by atoms with Crippen LogP contribution in [-0.4, -0.2) is 27.7 Å². The molecule has 1 heterocycles.